The van der Waals surface area contributed by atoms with Crippen molar-refractivity contribution >= 4 is 5.84 Å². The van der Waals surface area contributed by atoms with Gasteiger partial charge in [0.05, 0.1) is 12.7 Å². The fourth-order valence-electron chi connectivity index (χ4n) is 2.20. The van der Waals surface area contributed by atoms with Gasteiger partial charge in [-0.3, -0.25) is 0 Å². The van der Waals surface area contributed by atoms with Crippen LogP contribution in [0.15, 0.2) is 17.3 Å². The Kier molecular flexibility index (Phi) is 3.37. The fraction of sp³-hybridized carbons (Fsp3) is 0.727. The van der Waals surface area contributed by atoms with Crippen LogP contribution in [0.4, 0.5) is 0 Å². The largest absolute Gasteiger partial charge is 0.393 e. The van der Waals surface area contributed by atoms with Crippen molar-refractivity contribution in [3.8, 4) is 0 Å². The van der Waals surface area contributed by atoms with Crippen molar-refractivity contribution in [3.05, 3.63) is 12.3 Å². The quantitative estimate of drug-likeness (QED) is 0.612. The molecule has 3 atom stereocenters. The number of aliphatic imine (C=N–C) groups is 1. The highest BCUT2D eigenvalue weighted by Gasteiger charge is 2.47. The molecule has 1 fully saturated rings. The first kappa shape index (κ1) is 12.3. The third kappa shape index (κ3) is 2.15. The molecule has 0 aliphatic carbocycles. The number of amidine groups is 1. The lowest BCUT2D eigenvalue weighted by Gasteiger charge is -2.31. The highest BCUT2D eigenvalue weighted by Crippen LogP contribution is 2.35. The standard InChI is InChI=1S/C11H19N3O3/c1-2-11(6-15)8(16)5-10(17-11)14-4-3-9(12)13-7-14/h3-4,8,10,15-16H,2,5-7H2,1H3,(H2,12,13)/t8-,10+,11+/m0/s1. The van der Waals surface area contributed by atoms with Gasteiger partial charge in [0.1, 0.15) is 24.3 Å². The molecule has 17 heavy (non-hydrogen) atoms. The van der Waals surface area contributed by atoms with E-state index in [0.29, 0.717) is 25.3 Å². The number of aliphatic hydroxyl groups is 2. The lowest BCUT2D eigenvalue weighted by atomic mass is 9.95. The maximum absolute atomic E-state index is 10.00. The first-order valence-electron chi connectivity index (χ1n) is 5.82. The molecule has 0 unspecified atom stereocenters. The molecule has 2 aliphatic rings. The fourth-order valence-corrected chi connectivity index (χ4v) is 2.20. The van der Waals surface area contributed by atoms with Gasteiger partial charge in [0, 0.05) is 12.6 Å². The van der Waals surface area contributed by atoms with E-state index in [9.17, 15) is 10.2 Å². The van der Waals surface area contributed by atoms with Crippen LogP contribution in [0.25, 0.3) is 0 Å². The average molecular weight is 241 g/mol. The Morgan fingerprint density at radius 2 is 2.47 bits per heavy atom. The number of ether oxygens (including phenoxy) is 1. The first-order valence-corrected chi connectivity index (χ1v) is 5.82. The maximum atomic E-state index is 10.00. The Hall–Kier alpha value is -1.11. The Morgan fingerprint density at radius 1 is 1.71 bits per heavy atom. The van der Waals surface area contributed by atoms with Crippen molar-refractivity contribution in [2.45, 2.75) is 37.7 Å². The number of hydrogen-bond acceptors (Lipinski definition) is 6. The van der Waals surface area contributed by atoms with Gasteiger partial charge in [0.2, 0.25) is 0 Å². The van der Waals surface area contributed by atoms with Gasteiger partial charge in [-0.25, -0.2) is 4.99 Å². The molecule has 4 N–H and O–H groups in total. The van der Waals surface area contributed by atoms with E-state index >= 15 is 0 Å². The molecule has 1 saturated heterocycles. The molecule has 0 spiro atoms. The normalized spacial score (nSPS) is 37.4. The second kappa shape index (κ2) is 4.64. The molecule has 2 heterocycles. The molecule has 6 heteroatoms. The van der Waals surface area contributed by atoms with Crippen molar-refractivity contribution in [2.75, 3.05) is 13.3 Å². The molecule has 0 aromatic rings. The zero-order chi connectivity index (χ0) is 12.5. The molecule has 2 aliphatic heterocycles. The molecule has 0 amide bonds. The molecule has 0 radical (unpaired) electrons. The Labute approximate surface area is 100 Å². The van der Waals surface area contributed by atoms with Crippen molar-refractivity contribution in [1.82, 2.24) is 4.90 Å². The summed E-state index contributed by atoms with van der Waals surface area (Å²) in [6.07, 6.45) is 3.63. The Bertz CT molecular complexity index is 339. The van der Waals surface area contributed by atoms with Gasteiger partial charge in [0.25, 0.3) is 0 Å². The van der Waals surface area contributed by atoms with Crippen molar-refractivity contribution < 1.29 is 14.9 Å². The molecule has 6 nitrogen and oxygen atoms in total. The monoisotopic (exact) mass is 241 g/mol. The second-order valence-corrected chi connectivity index (χ2v) is 4.45. The predicted molar refractivity (Wildman–Crippen MR) is 63.1 cm³/mol. The summed E-state index contributed by atoms with van der Waals surface area (Å²) < 4.78 is 5.80. The van der Waals surface area contributed by atoms with E-state index in [1.165, 1.54) is 0 Å². The second-order valence-electron chi connectivity index (χ2n) is 4.45. The summed E-state index contributed by atoms with van der Waals surface area (Å²) >= 11 is 0. The molecule has 0 bridgehead atoms. The summed E-state index contributed by atoms with van der Waals surface area (Å²) in [4.78, 5) is 5.96. The third-order valence-corrected chi connectivity index (χ3v) is 3.49. The first-order chi connectivity index (χ1) is 8.11. The number of rotatable bonds is 3. The minimum atomic E-state index is -0.842. The van der Waals surface area contributed by atoms with E-state index in [1.807, 2.05) is 18.0 Å². The van der Waals surface area contributed by atoms with E-state index in [-0.39, 0.29) is 12.8 Å². The molecule has 0 aromatic carbocycles. The van der Waals surface area contributed by atoms with E-state index in [2.05, 4.69) is 4.99 Å². The van der Waals surface area contributed by atoms with Gasteiger partial charge in [-0.2, -0.15) is 0 Å². The zero-order valence-corrected chi connectivity index (χ0v) is 9.91. The van der Waals surface area contributed by atoms with Crippen molar-refractivity contribution in [2.24, 2.45) is 10.7 Å². The van der Waals surface area contributed by atoms with Gasteiger partial charge in [-0.05, 0) is 12.5 Å². The van der Waals surface area contributed by atoms with Crippen molar-refractivity contribution in [3.63, 3.8) is 0 Å². The van der Waals surface area contributed by atoms with Crippen LogP contribution in [-0.2, 0) is 4.74 Å². The van der Waals surface area contributed by atoms with Crippen LogP contribution in [0.1, 0.15) is 19.8 Å². The van der Waals surface area contributed by atoms with E-state index in [1.54, 1.807) is 6.08 Å². The van der Waals surface area contributed by atoms with Gasteiger partial charge in [0.15, 0.2) is 0 Å². The molecule has 0 saturated carbocycles. The van der Waals surface area contributed by atoms with Gasteiger partial charge >= 0.3 is 0 Å². The summed E-state index contributed by atoms with van der Waals surface area (Å²) in [6, 6.07) is 0. The van der Waals surface area contributed by atoms with E-state index in [0.717, 1.165) is 0 Å². The highest BCUT2D eigenvalue weighted by molar-refractivity contribution is 5.91. The van der Waals surface area contributed by atoms with Crippen LogP contribution in [0.3, 0.4) is 0 Å². The van der Waals surface area contributed by atoms with Crippen molar-refractivity contribution in [1.29, 1.82) is 0 Å². The van der Waals surface area contributed by atoms with Gasteiger partial charge < -0.3 is 25.6 Å². The number of hydrogen-bond donors (Lipinski definition) is 3. The average Bonchev–Trinajstić information content (AvgIpc) is 2.68. The lowest BCUT2D eigenvalue weighted by molar-refractivity contribution is -0.139. The summed E-state index contributed by atoms with van der Waals surface area (Å²) in [5.41, 5.74) is 4.69. The van der Waals surface area contributed by atoms with E-state index < -0.39 is 11.7 Å². The topological polar surface area (TPSA) is 91.3 Å². The Balaban J connectivity index is 2.05. The van der Waals surface area contributed by atoms with Crippen LogP contribution in [0, 0.1) is 0 Å². The molecule has 96 valence electrons. The molecule has 0 aromatic heterocycles. The van der Waals surface area contributed by atoms with Gasteiger partial charge in [-0.15, -0.1) is 0 Å². The summed E-state index contributed by atoms with van der Waals surface area (Å²) in [7, 11) is 0. The highest BCUT2D eigenvalue weighted by atomic mass is 16.6. The van der Waals surface area contributed by atoms with Crippen LogP contribution >= 0.6 is 0 Å². The molecular formula is C11H19N3O3. The third-order valence-electron chi connectivity index (χ3n) is 3.49. The lowest BCUT2D eigenvalue weighted by Crippen LogP contribution is -2.43. The molecule has 2 rings (SSSR count). The number of aliphatic hydroxyl groups excluding tert-OH is 2. The Morgan fingerprint density at radius 3 is 2.94 bits per heavy atom. The van der Waals surface area contributed by atoms with Crippen LogP contribution < -0.4 is 5.73 Å². The van der Waals surface area contributed by atoms with Crippen LogP contribution in [0.2, 0.25) is 0 Å². The van der Waals surface area contributed by atoms with Gasteiger partial charge in [-0.1, -0.05) is 6.92 Å². The van der Waals surface area contributed by atoms with Crippen LogP contribution in [0.5, 0.6) is 0 Å². The minimum Gasteiger partial charge on any atom is -0.393 e. The predicted octanol–water partition coefficient (Wildman–Crippen LogP) is -0.621. The number of nitrogens with zero attached hydrogens (tertiary/aromatic N) is 2. The summed E-state index contributed by atoms with van der Waals surface area (Å²) in [5, 5.41) is 19.4. The number of nitrogens with two attached hydrogens (primary N) is 1. The zero-order valence-electron chi connectivity index (χ0n) is 9.91. The SMILES string of the molecule is CC[C@]1(CO)O[C@@H](N2C=CC(N)=NC2)C[C@@H]1O. The minimum absolute atomic E-state index is 0.176. The van der Waals surface area contributed by atoms with E-state index in [4.69, 9.17) is 10.5 Å². The summed E-state index contributed by atoms with van der Waals surface area (Å²) in [6.45, 7) is 2.14. The molecular weight excluding hydrogens is 222 g/mol. The van der Waals surface area contributed by atoms with Crippen LogP contribution in [-0.4, -0.2) is 52.2 Å². The smallest absolute Gasteiger partial charge is 0.134 e. The summed E-state index contributed by atoms with van der Waals surface area (Å²) in [5.74, 6) is 0.490. The maximum Gasteiger partial charge on any atom is 0.134 e.